The Hall–Kier alpha value is -5.26. The number of aromatic nitrogens is 4. The molecule has 4 amide bonds. The van der Waals surface area contributed by atoms with Crippen LogP contribution >= 0.6 is 0 Å². The fourth-order valence-corrected chi connectivity index (χ4v) is 15.9. The highest BCUT2D eigenvalue weighted by molar-refractivity contribution is 5.93. The summed E-state index contributed by atoms with van der Waals surface area (Å²) in [6, 6.07) is 7.00. The van der Waals surface area contributed by atoms with Crippen molar-refractivity contribution in [2.75, 3.05) is 66.6 Å². The van der Waals surface area contributed by atoms with Crippen molar-refractivity contribution in [3.63, 3.8) is 0 Å². The van der Waals surface area contributed by atoms with Gasteiger partial charge in [0.25, 0.3) is 22.9 Å². The first-order valence-electron chi connectivity index (χ1n) is 30.5. The van der Waals surface area contributed by atoms with Crippen molar-refractivity contribution in [2.45, 2.75) is 179 Å². The van der Waals surface area contributed by atoms with E-state index in [2.05, 4.69) is 13.8 Å². The van der Waals surface area contributed by atoms with Crippen LogP contribution in [0.4, 0.5) is 0 Å². The van der Waals surface area contributed by atoms with E-state index in [1.165, 1.54) is 73.7 Å². The number of piperidine rings is 2. The molecule has 4 atom stereocenters. The SMILES string of the molecule is C[C@H](CC1CCCCC1)C(=O)N1CC[C@](O)(Cn2cc(C(=O)N(C)C)n3cccc3c2=O)C2(CCCC2)C1.C[C@H](CC1CCCCC1)C(=O)N1CC[C@](O)(Cn2cc(C(=O)N3CCOCC3)n3cccc3c2=O)C2(CCCC2)C1. The second kappa shape index (κ2) is 23.7. The van der Waals surface area contributed by atoms with Crippen molar-refractivity contribution in [1.82, 2.24) is 37.5 Å². The van der Waals surface area contributed by atoms with Gasteiger partial charge >= 0.3 is 0 Å². The van der Waals surface area contributed by atoms with Crippen molar-refractivity contribution in [3.8, 4) is 0 Å². The van der Waals surface area contributed by atoms with Crippen LogP contribution in [-0.4, -0.2) is 149 Å². The maximum atomic E-state index is 13.7. The summed E-state index contributed by atoms with van der Waals surface area (Å²) in [7, 11) is 3.38. The van der Waals surface area contributed by atoms with E-state index >= 15 is 0 Å². The number of carbonyl (C=O) groups excluding carboxylic acids is 4. The summed E-state index contributed by atoms with van der Waals surface area (Å²) < 4.78 is 11.8. The molecule has 4 saturated carbocycles. The van der Waals surface area contributed by atoms with E-state index in [4.69, 9.17) is 4.74 Å². The maximum Gasteiger partial charge on any atom is 0.274 e. The number of morpholine rings is 1. The molecule has 17 heteroatoms. The van der Waals surface area contributed by atoms with E-state index in [9.17, 15) is 39.0 Å². The number of nitrogens with zero attached hydrogens (tertiary/aromatic N) is 8. The minimum atomic E-state index is -1.14. The summed E-state index contributed by atoms with van der Waals surface area (Å²) in [4.78, 5) is 88.1. The smallest absolute Gasteiger partial charge is 0.274 e. The normalized spacial score (nSPS) is 25.4. The molecule has 4 aromatic rings. The molecule has 3 aliphatic heterocycles. The molecular formula is C62H90N8O9. The van der Waals surface area contributed by atoms with E-state index in [0.29, 0.717) is 99.6 Å². The molecule has 432 valence electrons. The Labute approximate surface area is 466 Å². The van der Waals surface area contributed by atoms with E-state index in [1.54, 1.807) is 81.4 Å². The van der Waals surface area contributed by atoms with Crippen LogP contribution in [0, 0.1) is 34.5 Å². The van der Waals surface area contributed by atoms with Crippen LogP contribution in [0.2, 0.25) is 0 Å². The molecule has 11 rings (SSSR count). The van der Waals surface area contributed by atoms with Crippen LogP contribution in [0.25, 0.3) is 11.0 Å². The van der Waals surface area contributed by atoms with Gasteiger partial charge in [-0.2, -0.15) is 0 Å². The summed E-state index contributed by atoms with van der Waals surface area (Å²) in [6.45, 7) is 8.50. The molecule has 0 aromatic carbocycles. The molecule has 4 aromatic heterocycles. The highest BCUT2D eigenvalue weighted by atomic mass is 16.5. The number of rotatable bonds is 12. The van der Waals surface area contributed by atoms with Gasteiger partial charge in [0.1, 0.15) is 22.4 Å². The van der Waals surface area contributed by atoms with Gasteiger partial charge in [-0.3, -0.25) is 28.8 Å². The molecule has 4 aliphatic carbocycles. The van der Waals surface area contributed by atoms with Gasteiger partial charge in [0, 0.05) is 101 Å². The Bertz CT molecular complexity index is 2940. The van der Waals surface area contributed by atoms with Crippen LogP contribution < -0.4 is 11.1 Å². The van der Waals surface area contributed by atoms with Crippen LogP contribution in [0.15, 0.2) is 58.6 Å². The van der Waals surface area contributed by atoms with Gasteiger partial charge in [-0.05, 0) is 87.5 Å². The molecule has 17 nitrogen and oxygen atoms in total. The summed E-state index contributed by atoms with van der Waals surface area (Å²) in [5, 5.41) is 24.6. The molecular weight excluding hydrogens is 1000 g/mol. The molecule has 79 heavy (non-hydrogen) atoms. The average Bonchev–Trinajstić information content (AvgIpc) is 4.46. The predicted octanol–water partition coefficient (Wildman–Crippen LogP) is 7.64. The maximum absolute atomic E-state index is 13.7. The number of amides is 4. The Kier molecular flexibility index (Phi) is 17.1. The van der Waals surface area contributed by atoms with Crippen LogP contribution in [0.3, 0.4) is 0 Å². The third kappa shape index (κ3) is 11.4. The first-order chi connectivity index (χ1) is 37.9. The fraction of sp³-hybridized carbons (Fsp3) is 0.710. The van der Waals surface area contributed by atoms with E-state index in [0.717, 1.165) is 64.2 Å². The van der Waals surface area contributed by atoms with Gasteiger partial charge < -0.3 is 52.5 Å². The monoisotopic (exact) mass is 1090 g/mol. The zero-order valence-electron chi connectivity index (χ0n) is 47.9. The van der Waals surface area contributed by atoms with Crippen molar-refractivity contribution in [2.24, 2.45) is 34.5 Å². The van der Waals surface area contributed by atoms with E-state index in [-0.39, 0.29) is 59.7 Å². The summed E-state index contributed by atoms with van der Waals surface area (Å²) in [6.07, 6.45) is 29.6. The summed E-state index contributed by atoms with van der Waals surface area (Å²) in [5.74, 6) is 1.39. The van der Waals surface area contributed by atoms with Gasteiger partial charge in [-0.1, -0.05) is 104 Å². The second-order valence-electron chi connectivity index (χ2n) is 25.9. The van der Waals surface area contributed by atoms with Crippen molar-refractivity contribution in [1.29, 1.82) is 0 Å². The number of hydrogen-bond donors (Lipinski definition) is 2. The standard InChI is InChI=1S/C32H46N4O5.C30H44N4O4/c1-24(20-25-8-3-2-4-9-25)28(37)34-15-13-32(40,31(22-34)11-5-6-12-31)23-35-21-27(30(39)33-16-18-41-19-17-33)36-14-7-10-26(36)29(35)38;1-22(18-23-10-5-4-6-11-23)26(35)32-17-15-30(38,29(20-32)13-7-8-14-29)21-33-19-25(27(36)31(2)3)34-16-9-12-24(34)28(33)37/h7,10,14,21,24-25,40H,2-6,8-9,11-13,15-20,22-23H2,1H3;9,12,16,19,22-23,38H,4-8,10-11,13-15,17-18,20-21H2,1-3H3/t24-,32+;22-,30+/m11/s1. The minimum Gasteiger partial charge on any atom is -0.387 e. The third-order valence-electron chi connectivity index (χ3n) is 20.5. The number of aliphatic hydroxyl groups is 2. The van der Waals surface area contributed by atoms with Gasteiger partial charge in [0.15, 0.2) is 0 Å². The van der Waals surface area contributed by atoms with Crippen molar-refractivity contribution in [3.05, 3.63) is 81.1 Å². The molecule has 0 bridgehead atoms. The number of ether oxygens (including phenoxy) is 1. The molecule has 0 unspecified atom stereocenters. The van der Waals surface area contributed by atoms with Gasteiger partial charge in [0.05, 0.1) is 37.5 Å². The molecule has 2 spiro atoms. The van der Waals surface area contributed by atoms with Crippen LogP contribution in [-0.2, 0) is 27.4 Å². The highest BCUT2D eigenvalue weighted by Crippen LogP contribution is 2.53. The summed E-state index contributed by atoms with van der Waals surface area (Å²) in [5.41, 5.74) is -1.92. The Morgan fingerprint density at radius 3 is 1.43 bits per heavy atom. The zero-order valence-corrected chi connectivity index (χ0v) is 47.9. The number of fused-ring (bicyclic) bond motifs is 2. The topological polar surface area (TPSA) is 184 Å². The van der Waals surface area contributed by atoms with Gasteiger partial charge in [-0.25, -0.2) is 0 Å². The quantitative estimate of drug-likeness (QED) is 0.144. The van der Waals surface area contributed by atoms with Crippen LogP contribution in [0.1, 0.15) is 176 Å². The Morgan fingerprint density at radius 1 is 0.582 bits per heavy atom. The first kappa shape index (κ1) is 57.0. The molecule has 2 N–H and O–H groups in total. The largest absolute Gasteiger partial charge is 0.387 e. The van der Waals surface area contributed by atoms with Crippen LogP contribution in [0.5, 0.6) is 0 Å². The molecule has 0 radical (unpaired) electrons. The van der Waals surface area contributed by atoms with Crippen molar-refractivity contribution < 1.29 is 34.1 Å². The lowest BCUT2D eigenvalue weighted by Crippen LogP contribution is -2.62. The van der Waals surface area contributed by atoms with Gasteiger partial charge in [-0.15, -0.1) is 0 Å². The molecule has 7 heterocycles. The number of likely N-dealkylation sites (tertiary alicyclic amines) is 2. The van der Waals surface area contributed by atoms with Crippen molar-refractivity contribution >= 4 is 34.7 Å². The van der Waals surface area contributed by atoms with E-state index < -0.39 is 22.0 Å². The Morgan fingerprint density at radius 2 is 1.00 bits per heavy atom. The number of hydrogen-bond acceptors (Lipinski definition) is 9. The summed E-state index contributed by atoms with van der Waals surface area (Å²) >= 11 is 0. The minimum absolute atomic E-state index is 0.00161. The lowest BCUT2D eigenvalue weighted by atomic mass is 9.65. The second-order valence-corrected chi connectivity index (χ2v) is 25.9. The average molecular weight is 1090 g/mol. The lowest BCUT2D eigenvalue weighted by molar-refractivity contribution is -0.164. The third-order valence-corrected chi connectivity index (χ3v) is 20.5. The Balaban J connectivity index is 0.000000179. The van der Waals surface area contributed by atoms with E-state index in [1.807, 2.05) is 9.80 Å². The number of carbonyl (C=O) groups is 4. The zero-order chi connectivity index (χ0) is 55.7. The first-order valence-corrected chi connectivity index (χ1v) is 30.5. The lowest BCUT2D eigenvalue weighted by Gasteiger charge is -2.53. The predicted molar refractivity (Wildman–Crippen MR) is 303 cm³/mol. The molecule has 7 fully saturated rings. The highest BCUT2D eigenvalue weighted by Gasteiger charge is 2.57. The fourth-order valence-electron chi connectivity index (χ4n) is 15.9. The molecule has 3 saturated heterocycles. The molecule has 7 aliphatic rings. The van der Waals surface area contributed by atoms with Gasteiger partial charge in [0.2, 0.25) is 11.8 Å².